The quantitative estimate of drug-likeness (QED) is 0.918. The summed E-state index contributed by atoms with van der Waals surface area (Å²) in [7, 11) is 1.62. The second-order valence-electron chi connectivity index (χ2n) is 4.98. The lowest BCUT2D eigenvalue weighted by molar-refractivity contribution is -0.121. The number of nitrogens with one attached hydrogen (secondary N) is 1. The van der Waals surface area contributed by atoms with Gasteiger partial charge in [-0.05, 0) is 30.3 Å². The fraction of sp³-hybridized carbons (Fsp3) is 0.125. The van der Waals surface area contributed by atoms with Gasteiger partial charge in [0.2, 0.25) is 0 Å². The number of hydrogen-bond donors (Lipinski definition) is 1. The lowest BCUT2D eigenvalue weighted by Gasteiger charge is -2.27. The van der Waals surface area contributed by atoms with Crippen molar-refractivity contribution in [2.75, 3.05) is 23.9 Å². The van der Waals surface area contributed by atoms with Crippen LogP contribution in [0.2, 0.25) is 5.02 Å². The number of amides is 2. The molecule has 0 unspecified atom stereocenters. The predicted molar refractivity (Wildman–Crippen MR) is 84.7 cm³/mol. The topological polar surface area (TPSA) is 58.6 Å². The van der Waals surface area contributed by atoms with E-state index in [-0.39, 0.29) is 23.1 Å². The normalized spacial score (nSPS) is 13.3. The molecule has 3 rings (SSSR count). The van der Waals surface area contributed by atoms with Crippen molar-refractivity contribution in [3.8, 4) is 5.75 Å². The Morgan fingerprint density at radius 3 is 2.87 bits per heavy atom. The largest absolute Gasteiger partial charge is 0.481 e. The fourth-order valence-corrected chi connectivity index (χ4v) is 2.44. The molecule has 1 aliphatic rings. The van der Waals surface area contributed by atoms with Crippen LogP contribution >= 0.6 is 11.6 Å². The minimum absolute atomic E-state index is 0.0838. The first-order chi connectivity index (χ1) is 11.0. The second kappa shape index (κ2) is 5.89. The van der Waals surface area contributed by atoms with Crippen LogP contribution in [0, 0.1) is 5.82 Å². The van der Waals surface area contributed by atoms with Crippen molar-refractivity contribution in [3.63, 3.8) is 0 Å². The summed E-state index contributed by atoms with van der Waals surface area (Å²) in [5, 5.41) is 2.55. The maximum absolute atomic E-state index is 13.2. The Hall–Kier alpha value is -2.60. The molecule has 0 spiro atoms. The number of nitrogens with zero attached hydrogens (tertiary/aromatic N) is 1. The Labute approximate surface area is 136 Å². The van der Waals surface area contributed by atoms with E-state index >= 15 is 0 Å². The third-order valence-corrected chi connectivity index (χ3v) is 3.78. The molecule has 7 heteroatoms. The van der Waals surface area contributed by atoms with Crippen molar-refractivity contribution in [3.05, 3.63) is 52.8 Å². The zero-order valence-corrected chi connectivity index (χ0v) is 12.9. The Balaban J connectivity index is 1.91. The molecule has 0 fully saturated rings. The molecule has 0 aromatic heterocycles. The monoisotopic (exact) mass is 334 g/mol. The van der Waals surface area contributed by atoms with Gasteiger partial charge in [0.25, 0.3) is 11.8 Å². The zero-order valence-electron chi connectivity index (χ0n) is 12.1. The van der Waals surface area contributed by atoms with Crippen molar-refractivity contribution in [2.45, 2.75) is 0 Å². The fourth-order valence-electron chi connectivity index (χ4n) is 2.26. The first-order valence-corrected chi connectivity index (χ1v) is 7.14. The number of benzene rings is 2. The minimum Gasteiger partial charge on any atom is -0.481 e. The van der Waals surface area contributed by atoms with Crippen molar-refractivity contribution in [1.29, 1.82) is 0 Å². The second-order valence-corrected chi connectivity index (χ2v) is 5.39. The number of halogens is 2. The van der Waals surface area contributed by atoms with E-state index in [0.717, 1.165) is 0 Å². The lowest BCUT2D eigenvalue weighted by atomic mass is 10.1. The molecule has 23 heavy (non-hydrogen) atoms. The molecule has 0 bridgehead atoms. The van der Waals surface area contributed by atoms with Gasteiger partial charge in [-0.2, -0.15) is 0 Å². The van der Waals surface area contributed by atoms with Gasteiger partial charge in [0.15, 0.2) is 12.4 Å². The van der Waals surface area contributed by atoms with Crippen LogP contribution in [0.1, 0.15) is 10.4 Å². The van der Waals surface area contributed by atoms with E-state index in [2.05, 4.69) is 5.32 Å². The van der Waals surface area contributed by atoms with Gasteiger partial charge in [0.05, 0.1) is 16.3 Å². The smallest absolute Gasteiger partial charge is 0.264 e. The van der Waals surface area contributed by atoms with E-state index in [1.54, 1.807) is 25.2 Å². The standard InChI is InChI=1S/C16H12ClFN2O3/c1-20-13-4-2-3-10(15(13)23-8-14(20)21)16(22)19-9-5-6-12(18)11(17)7-9/h2-7H,8H2,1H3,(H,19,22). The van der Waals surface area contributed by atoms with Crippen LogP contribution < -0.4 is 15.0 Å². The summed E-state index contributed by atoms with van der Waals surface area (Å²) in [6.45, 7) is -0.129. The Morgan fingerprint density at radius 1 is 1.35 bits per heavy atom. The number of fused-ring (bicyclic) bond motifs is 1. The van der Waals surface area contributed by atoms with Gasteiger partial charge in [-0.25, -0.2) is 4.39 Å². The van der Waals surface area contributed by atoms with Crippen LogP contribution in [0.5, 0.6) is 5.75 Å². The Bertz CT molecular complexity index is 810. The molecule has 2 aromatic carbocycles. The summed E-state index contributed by atoms with van der Waals surface area (Å²) < 4.78 is 18.6. The van der Waals surface area contributed by atoms with E-state index in [0.29, 0.717) is 17.1 Å². The van der Waals surface area contributed by atoms with E-state index in [1.807, 2.05) is 0 Å². The number of hydrogen-bond acceptors (Lipinski definition) is 3. The van der Waals surface area contributed by atoms with E-state index in [9.17, 15) is 14.0 Å². The first kappa shape index (κ1) is 15.3. The highest BCUT2D eigenvalue weighted by atomic mass is 35.5. The Kier molecular flexibility index (Phi) is 3.92. The van der Waals surface area contributed by atoms with Gasteiger partial charge in [0.1, 0.15) is 5.82 Å². The lowest BCUT2D eigenvalue weighted by Crippen LogP contribution is -2.36. The molecule has 118 valence electrons. The summed E-state index contributed by atoms with van der Waals surface area (Å²) in [6, 6.07) is 8.83. The van der Waals surface area contributed by atoms with Crippen molar-refractivity contribution < 1.29 is 18.7 Å². The molecule has 5 nitrogen and oxygen atoms in total. The molecule has 1 heterocycles. The molecule has 0 saturated heterocycles. The summed E-state index contributed by atoms with van der Waals surface area (Å²) >= 11 is 5.70. The molecule has 0 saturated carbocycles. The summed E-state index contributed by atoms with van der Waals surface area (Å²) in [5.41, 5.74) is 1.16. The summed E-state index contributed by atoms with van der Waals surface area (Å²) in [5.74, 6) is -0.863. The average molecular weight is 335 g/mol. The summed E-state index contributed by atoms with van der Waals surface area (Å²) in [6.07, 6.45) is 0. The van der Waals surface area contributed by atoms with Crippen LogP contribution in [0.4, 0.5) is 15.8 Å². The molecule has 1 N–H and O–H groups in total. The molecule has 0 aliphatic carbocycles. The zero-order chi connectivity index (χ0) is 16.6. The highest BCUT2D eigenvalue weighted by Crippen LogP contribution is 2.35. The molecule has 0 radical (unpaired) electrons. The SMILES string of the molecule is CN1C(=O)COc2c(C(=O)Nc3ccc(F)c(Cl)c3)cccc21. The van der Waals surface area contributed by atoms with Gasteiger partial charge in [0, 0.05) is 12.7 Å². The van der Waals surface area contributed by atoms with E-state index in [1.165, 1.54) is 23.1 Å². The van der Waals surface area contributed by atoms with E-state index < -0.39 is 11.7 Å². The Morgan fingerprint density at radius 2 is 2.13 bits per heavy atom. The molecule has 2 amide bonds. The van der Waals surface area contributed by atoms with Crippen LogP contribution in [0.15, 0.2) is 36.4 Å². The highest BCUT2D eigenvalue weighted by molar-refractivity contribution is 6.31. The molecule has 1 aliphatic heterocycles. The van der Waals surface area contributed by atoms with Crippen molar-refractivity contribution in [2.24, 2.45) is 0 Å². The van der Waals surface area contributed by atoms with Crippen LogP contribution in [0.3, 0.4) is 0 Å². The number of likely N-dealkylation sites (N-methyl/N-ethyl adjacent to an activating group) is 1. The van der Waals surface area contributed by atoms with Gasteiger partial charge < -0.3 is 15.0 Å². The average Bonchev–Trinajstić information content (AvgIpc) is 2.54. The third-order valence-electron chi connectivity index (χ3n) is 3.49. The minimum atomic E-state index is -0.565. The maximum Gasteiger partial charge on any atom is 0.264 e. The van der Waals surface area contributed by atoms with Crippen LogP contribution in [-0.2, 0) is 4.79 Å². The van der Waals surface area contributed by atoms with E-state index in [4.69, 9.17) is 16.3 Å². The van der Waals surface area contributed by atoms with Crippen molar-refractivity contribution >= 4 is 34.8 Å². The van der Waals surface area contributed by atoms with Crippen LogP contribution in [-0.4, -0.2) is 25.5 Å². The number of para-hydroxylation sites is 1. The van der Waals surface area contributed by atoms with Gasteiger partial charge in [-0.15, -0.1) is 0 Å². The van der Waals surface area contributed by atoms with Crippen LogP contribution in [0.25, 0.3) is 0 Å². The number of carbonyl (C=O) groups is 2. The first-order valence-electron chi connectivity index (χ1n) is 6.76. The van der Waals surface area contributed by atoms with Gasteiger partial charge in [-0.3, -0.25) is 9.59 Å². The maximum atomic E-state index is 13.2. The number of ether oxygens (including phenoxy) is 1. The summed E-state index contributed by atoms with van der Waals surface area (Å²) in [4.78, 5) is 25.5. The molecular weight excluding hydrogens is 323 g/mol. The molecular formula is C16H12ClFN2O3. The predicted octanol–water partition coefficient (Wildman–Crippen LogP) is 3.09. The molecule has 0 atom stereocenters. The number of anilines is 2. The number of carbonyl (C=O) groups excluding carboxylic acids is 2. The van der Waals surface area contributed by atoms with Gasteiger partial charge in [-0.1, -0.05) is 17.7 Å². The third kappa shape index (κ3) is 2.85. The van der Waals surface area contributed by atoms with Gasteiger partial charge >= 0.3 is 0 Å². The number of rotatable bonds is 2. The highest BCUT2D eigenvalue weighted by Gasteiger charge is 2.26. The van der Waals surface area contributed by atoms with Crippen molar-refractivity contribution in [1.82, 2.24) is 0 Å². The molecule has 2 aromatic rings.